The first-order chi connectivity index (χ1) is 6.38. The normalized spacial score (nSPS) is 10.0. The van der Waals surface area contributed by atoms with E-state index in [-0.39, 0.29) is 0 Å². The van der Waals surface area contributed by atoms with Gasteiger partial charge in [-0.15, -0.1) is 0 Å². The van der Waals surface area contributed by atoms with Crippen LogP contribution in [0, 0.1) is 0 Å². The third kappa shape index (κ3) is 3.28. The first-order valence-corrected chi connectivity index (χ1v) is 5.43. The topological polar surface area (TPSA) is 35.2 Å². The van der Waals surface area contributed by atoms with E-state index in [9.17, 15) is 0 Å². The molecule has 2 nitrogen and oxygen atoms in total. The Morgan fingerprint density at radius 3 is 2.85 bits per heavy atom. The van der Waals surface area contributed by atoms with Crippen LogP contribution in [0.15, 0.2) is 24.3 Å². The molecule has 72 valence electrons. The molecule has 0 spiro atoms. The van der Waals surface area contributed by atoms with Crippen molar-refractivity contribution in [2.75, 3.05) is 19.4 Å². The van der Waals surface area contributed by atoms with Crippen molar-refractivity contribution in [2.24, 2.45) is 5.73 Å². The fourth-order valence-corrected chi connectivity index (χ4v) is 1.86. The number of benzene rings is 1. The Morgan fingerprint density at radius 1 is 1.38 bits per heavy atom. The summed E-state index contributed by atoms with van der Waals surface area (Å²) in [4.78, 5) is 0. The van der Waals surface area contributed by atoms with Gasteiger partial charge in [-0.05, 0) is 6.07 Å². The van der Waals surface area contributed by atoms with Crippen molar-refractivity contribution in [1.82, 2.24) is 0 Å². The van der Waals surface area contributed by atoms with Gasteiger partial charge in [-0.3, -0.25) is 0 Å². The van der Waals surface area contributed by atoms with E-state index >= 15 is 0 Å². The highest BCUT2D eigenvalue weighted by molar-refractivity contribution is 7.98. The Kier molecular flexibility index (Phi) is 4.72. The summed E-state index contributed by atoms with van der Waals surface area (Å²) in [5.41, 5.74) is 6.65. The van der Waals surface area contributed by atoms with Crippen molar-refractivity contribution in [3.8, 4) is 5.75 Å². The first kappa shape index (κ1) is 10.4. The van der Waals surface area contributed by atoms with Gasteiger partial charge < -0.3 is 10.5 Å². The molecule has 0 aliphatic rings. The molecule has 0 unspecified atom stereocenters. The second kappa shape index (κ2) is 5.89. The minimum absolute atomic E-state index is 0.736. The summed E-state index contributed by atoms with van der Waals surface area (Å²) >= 11 is 1.83. The lowest BCUT2D eigenvalue weighted by Crippen LogP contribution is -2.01. The van der Waals surface area contributed by atoms with E-state index in [1.54, 1.807) is 7.11 Å². The molecule has 1 aromatic rings. The van der Waals surface area contributed by atoms with Crippen LogP contribution in [0.4, 0.5) is 0 Å². The summed E-state index contributed by atoms with van der Waals surface area (Å²) in [5, 5.41) is 0. The van der Waals surface area contributed by atoms with Gasteiger partial charge in [-0.2, -0.15) is 11.8 Å². The van der Waals surface area contributed by atoms with E-state index < -0.39 is 0 Å². The summed E-state index contributed by atoms with van der Waals surface area (Å²) in [7, 11) is 1.70. The molecule has 3 heteroatoms. The molecule has 0 aromatic heterocycles. The molecule has 0 aliphatic heterocycles. The lowest BCUT2D eigenvalue weighted by Gasteiger charge is -2.06. The summed E-state index contributed by atoms with van der Waals surface area (Å²) in [5.74, 6) is 2.94. The summed E-state index contributed by atoms with van der Waals surface area (Å²) in [6.07, 6.45) is 0. The van der Waals surface area contributed by atoms with Crippen molar-refractivity contribution in [1.29, 1.82) is 0 Å². The van der Waals surface area contributed by atoms with E-state index in [1.165, 1.54) is 5.56 Å². The number of thioether (sulfide) groups is 1. The molecule has 0 aliphatic carbocycles. The Labute approximate surface area is 83.5 Å². The third-order valence-corrected chi connectivity index (χ3v) is 2.75. The molecule has 0 amide bonds. The average molecular weight is 197 g/mol. The van der Waals surface area contributed by atoms with E-state index in [4.69, 9.17) is 10.5 Å². The molecule has 1 rings (SSSR count). The zero-order chi connectivity index (χ0) is 9.52. The number of hydrogen-bond donors (Lipinski definition) is 1. The van der Waals surface area contributed by atoms with Gasteiger partial charge in [0.15, 0.2) is 0 Å². The van der Waals surface area contributed by atoms with Crippen LogP contribution in [0.5, 0.6) is 5.75 Å². The summed E-state index contributed by atoms with van der Waals surface area (Å²) in [6.45, 7) is 0.736. The fraction of sp³-hybridized carbons (Fsp3) is 0.400. The first-order valence-electron chi connectivity index (χ1n) is 4.28. The molecule has 0 bridgehead atoms. The van der Waals surface area contributed by atoms with Crippen LogP contribution < -0.4 is 10.5 Å². The molecular formula is C10H15NOS. The Morgan fingerprint density at radius 2 is 2.15 bits per heavy atom. The second-order valence-corrected chi connectivity index (χ2v) is 3.76. The predicted octanol–water partition coefficient (Wildman–Crippen LogP) is 1.89. The molecule has 2 N–H and O–H groups in total. The highest BCUT2D eigenvalue weighted by Gasteiger charge is 2.00. The van der Waals surface area contributed by atoms with Gasteiger partial charge in [0.1, 0.15) is 5.75 Å². The lowest BCUT2D eigenvalue weighted by atomic mass is 10.2. The van der Waals surface area contributed by atoms with Crippen molar-refractivity contribution < 1.29 is 4.74 Å². The van der Waals surface area contributed by atoms with Gasteiger partial charge >= 0.3 is 0 Å². The van der Waals surface area contributed by atoms with E-state index in [1.807, 2.05) is 30.0 Å². The zero-order valence-corrected chi connectivity index (χ0v) is 8.64. The van der Waals surface area contributed by atoms with Crippen LogP contribution in [0.3, 0.4) is 0 Å². The van der Waals surface area contributed by atoms with E-state index in [2.05, 4.69) is 6.07 Å². The standard InChI is InChI=1S/C10H15NOS/c1-12-10-5-3-2-4-9(10)8-13-7-6-11/h2-5H,6-8,11H2,1H3. The lowest BCUT2D eigenvalue weighted by molar-refractivity contribution is 0.411. The molecule has 1 aromatic carbocycles. The number of ether oxygens (including phenoxy) is 1. The van der Waals surface area contributed by atoms with Crippen molar-refractivity contribution in [2.45, 2.75) is 5.75 Å². The van der Waals surface area contributed by atoms with Gasteiger partial charge in [0.25, 0.3) is 0 Å². The number of hydrogen-bond acceptors (Lipinski definition) is 3. The summed E-state index contributed by atoms with van der Waals surface area (Å²) < 4.78 is 5.23. The smallest absolute Gasteiger partial charge is 0.122 e. The minimum atomic E-state index is 0.736. The van der Waals surface area contributed by atoms with Gasteiger partial charge in [0.2, 0.25) is 0 Å². The third-order valence-electron chi connectivity index (χ3n) is 1.71. The Hall–Kier alpha value is -0.670. The number of methoxy groups -OCH3 is 1. The SMILES string of the molecule is COc1ccccc1CSCCN. The van der Waals surface area contributed by atoms with E-state index in [0.29, 0.717) is 0 Å². The van der Waals surface area contributed by atoms with Crippen molar-refractivity contribution in [3.05, 3.63) is 29.8 Å². The predicted molar refractivity (Wildman–Crippen MR) is 58.2 cm³/mol. The van der Waals surface area contributed by atoms with Crippen LogP contribution in [0.25, 0.3) is 0 Å². The highest BCUT2D eigenvalue weighted by atomic mass is 32.2. The highest BCUT2D eigenvalue weighted by Crippen LogP contribution is 2.22. The maximum atomic E-state index is 5.41. The molecule has 0 saturated heterocycles. The van der Waals surface area contributed by atoms with Crippen molar-refractivity contribution in [3.63, 3.8) is 0 Å². The van der Waals surface area contributed by atoms with Crippen LogP contribution in [0.2, 0.25) is 0 Å². The largest absolute Gasteiger partial charge is 0.496 e. The fourth-order valence-electron chi connectivity index (χ4n) is 1.09. The molecule has 0 heterocycles. The zero-order valence-electron chi connectivity index (χ0n) is 7.82. The number of rotatable bonds is 5. The Bertz CT molecular complexity index is 252. The molecule has 0 atom stereocenters. The van der Waals surface area contributed by atoms with Crippen LogP contribution in [0.1, 0.15) is 5.56 Å². The van der Waals surface area contributed by atoms with Gasteiger partial charge in [-0.25, -0.2) is 0 Å². The molecule has 0 saturated carbocycles. The molecule has 13 heavy (non-hydrogen) atoms. The maximum absolute atomic E-state index is 5.41. The maximum Gasteiger partial charge on any atom is 0.122 e. The van der Waals surface area contributed by atoms with Gasteiger partial charge in [0, 0.05) is 23.6 Å². The molecular weight excluding hydrogens is 182 g/mol. The van der Waals surface area contributed by atoms with Crippen molar-refractivity contribution >= 4 is 11.8 Å². The average Bonchev–Trinajstić information content (AvgIpc) is 2.19. The number of nitrogens with two attached hydrogens (primary N) is 1. The minimum Gasteiger partial charge on any atom is -0.496 e. The van der Waals surface area contributed by atoms with Crippen LogP contribution in [-0.4, -0.2) is 19.4 Å². The van der Waals surface area contributed by atoms with Crippen LogP contribution in [-0.2, 0) is 5.75 Å². The quantitative estimate of drug-likeness (QED) is 0.732. The van der Waals surface area contributed by atoms with E-state index in [0.717, 1.165) is 23.8 Å². The van der Waals surface area contributed by atoms with Gasteiger partial charge in [0.05, 0.1) is 7.11 Å². The van der Waals surface area contributed by atoms with Gasteiger partial charge in [-0.1, -0.05) is 18.2 Å². The Balaban J connectivity index is 2.54. The molecule has 0 radical (unpaired) electrons. The van der Waals surface area contributed by atoms with Crippen LogP contribution >= 0.6 is 11.8 Å². The molecule has 0 fully saturated rings. The second-order valence-electron chi connectivity index (χ2n) is 2.65. The number of para-hydroxylation sites is 1. The monoisotopic (exact) mass is 197 g/mol. The summed E-state index contributed by atoms with van der Waals surface area (Å²) in [6, 6.07) is 8.08.